The highest BCUT2D eigenvalue weighted by atomic mass is 16.5. The number of nitrogens with zero attached hydrogens (tertiary/aromatic N) is 3. The van der Waals surface area contributed by atoms with Crippen molar-refractivity contribution in [1.82, 2.24) is 15.3 Å². The molecule has 5 nitrogen and oxygen atoms in total. The molecule has 1 saturated carbocycles. The number of methoxy groups -OCH3 is 1. The molecule has 1 aliphatic carbocycles. The molecule has 1 aromatic heterocycles. The Hall–Kier alpha value is -1.36. The minimum atomic E-state index is 0.688. The maximum Gasteiger partial charge on any atom is 0.221 e. The van der Waals surface area contributed by atoms with Crippen molar-refractivity contribution >= 4 is 5.82 Å². The van der Waals surface area contributed by atoms with Crippen LogP contribution in [-0.2, 0) is 0 Å². The van der Waals surface area contributed by atoms with E-state index >= 15 is 0 Å². The zero-order chi connectivity index (χ0) is 13.9. The summed E-state index contributed by atoms with van der Waals surface area (Å²) in [4.78, 5) is 11.0. The Kier molecular flexibility index (Phi) is 4.05. The predicted molar refractivity (Wildman–Crippen MR) is 79.3 cm³/mol. The second-order valence-corrected chi connectivity index (χ2v) is 5.97. The summed E-state index contributed by atoms with van der Waals surface area (Å²) in [5, 5.41) is 3.65. The summed E-state index contributed by atoms with van der Waals surface area (Å²) in [5.74, 6) is 2.45. The third-order valence-corrected chi connectivity index (χ3v) is 4.30. The lowest BCUT2D eigenvalue weighted by Gasteiger charge is -2.34. The van der Waals surface area contributed by atoms with Crippen LogP contribution >= 0.6 is 0 Å². The van der Waals surface area contributed by atoms with Gasteiger partial charge in [-0.2, -0.15) is 0 Å². The molecule has 2 fully saturated rings. The van der Waals surface area contributed by atoms with E-state index in [1.807, 2.05) is 6.92 Å². The van der Waals surface area contributed by atoms with Crippen LogP contribution in [0, 0.1) is 12.8 Å². The third kappa shape index (κ3) is 3.03. The van der Waals surface area contributed by atoms with Crippen LogP contribution in [0.3, 0.4) is 0 Å². The summed E-state index contributed by atoms with van der Waals surface area (Å²) >= 11 is 0. The van der Waals surface area contributed by atoms with Crippen LogP contribution in [0.4, 0.5) is 5.82 Å². The minimum absolute atomic E-state index is 0.688. The van der Waals surface area contributed by atoms with Gasteiger partial charge in [0, 0.05) is 19.1 Å². The van der Waals surface area contributed by atoms with Crippen molar-refractivity contribution in [3.05, 3.63) is 11.9 Å². The van der Waals surface area contributed by atoms with E-state index in [1.165, 1.54) is 25.7 Å². The van der Waals surface area contributed by atoms with Crippen LogP contribution in [0.2, 0.25) is 0 Å². The van der Waals surface area contributed by atoms with E-state index in [-0.39, 0.29) is 0 Å². The first-order valence-electron chi connectivity index (χ1n) is 7.62. The number of hydrogen-bond acceptors (Lipinski definition) is 5. The maximum absolute atomic E-state index is 5.30. The highest BCUT2D eigenvalue weighted by molar-refractivity contribution is 5.50. The molecule has 0 radical (unpaired) electrons. The number of nitrogens with one attached hydrogen (secondary N) is 1. The van der Waals surface area contributed by atoms with Crippen molar-refractivity contribution < 1.29 is 4.74 Å². The van der Waals surface area contributed by atoms with Gasteiger partial charge in [-0.1, -0.05) is 0 Å². The van der Waals surface area contributed by atoms with E-state index in [0.29, 0.717) is 5.88 Å². The summed E-state index contributed by atoms with van der Waals surface area (Å²) in [6, 6.07) is 0.797. The number of hydrogen-bond donors (Lipinski definition) is 1. The Bertz CT molecular complexity index is 461. The van der Waals surface area contributed by atoms with Crippen LogP contribution in [0.5, 0.6) is 5.88 Å². The van der Waals surface area contributed by atoms with Crippen molar-refractivity contribution in [2.45, 2.75) is 38.6 Å². The summed E-state index contributed by atoms with van der Waals surface area (Å²) in [6.07, 6.45) is 6.88. The Morgan fingerprint density at radius 3 is 2.95 bits per heavy atom. The molecular weight excluding hydrogens is 252 g/mol. The molecule has 20 heavy (non-hydrogen) atoms. The zero-order valence-corrected chi connectivity index (χ0v) is 12.4. The van der Waals surface area contributed by atoms with Gasteiger partial charge in [0.2, 0.25) is 5.88 Å². The van der Waals surface area contributed by atoms with Crippen LogP contribution < -0.4 is 15.0 Å². The molecular formula is C15H24N4O. The highest BCUT2D eigenvalue weighted by Gasteiger charge is 2.26. The monoisotopic (exact) mass is 276 g/mol. The van der Waals surface area contributed by atoms with E-state index in [1.54, 1.807) is 13.4 Å². The van der Waals surface area contributed by atoms with Gasteiger partial charge in [0.15, 0.2) is 0 Å². The molecule has 1 atom stereocenters. The molecule has 2 aliphatic rings. The van der Waals surface area contributed by atoms with Gasteiger partial charge in [0.25, 0.3) is 0 Å². The first kappa shape index (κ1) is 13.6. The molecule has 0 bridgehead atoms. The predicted octanol–water partition coefficient (Wildman–Crippen LogP) is 1.76. The molecule has 3 rings (SSSR count). The first-order chi connectivity index (χ1) is 9.78. The molecule has 5 heteroatoms. The standard InChI is InChI=1S/C15H24N4O/c1-11-14(17-10-18-15(11)20-2)19-7-3-4-12(9-19)8-16-13-5-6-13/h10,12-13,16H,3-9H2,1-2H3. The molecule has 1 N–H and O–H groups in total. The number of anilines is 1. The number of aromatic nitrogens is 2. The maximum atomic E-state index is 5.30. The van der Waals surface area contributed by atoms with E-state index in [9.17, 15) is 0 Å². The molecule has 2 heterocycles. The molecule has 1 aromatic rings. The average molecular weight is 276 g/mol. The molecule has 1 aliphatic heterocycles. The van der Waals surface area contributed by atoms with E-state index in [4.69, 9.17) is 4.74 Å². The van der Waals surface area contributed by atoms with Gasteiger partial charge in [-0.05, 0) is 45.1 Å². The lowest BCUT2D eigenvalue weighted by molar-refractivity contribution is 0.382. The van der Waals surface area contributed by atoms with Gasteiger partial charge < -0.3 is 15.0 Å². The van der Waals surface area contributed by atoms with Crippen LogP contribution in [0.25, 0.3) is 0 Å². The first-order valence-corrected chi connectivity index (χ1v) is 7.62. The fourth-order valence-electron chi connectivity index (χ4n) is 2.99. The van der Waals surface area contributed by atoms with Crippen LogP contribution in [-0.4, -0.2) is 42.8 Å². The number of rotatable bonds is 5. The normalized spacial score (nSPS) is 22.9. The molecule has 110 valence electrons. The zero-order valence-electron chi connectivity index (χ0n) is 12.4. The summed E-state index contributed by atoms with van der Waals surface area (Å²) in [5.41, 5.74) is 1.05. The lowest BCUT2D eigenvalue weighted by Crippen LogP contribution is -2.40. The van der Waals surface area contributed by atoms with Crippen molar-refractivity contribution in [2.24, 2.45) is 5.92 Å². The smallest absolute Gasteiger partial charge is 0.221 e. The SMILES string of the molecule is COc1ncnc(N2CCCC(CNC3CC3)C2)c1C. The minimum Gasteiger partial charge on any atom is -0.481 e. The van der Waals surface area contributed by atoms with Gasteiger partial charge in [0.1, 0.15) is 12.1 Å². The van der Waals surface area contributed by atoms with E-state index in [2.05, 4.69) is 20.2 Å². The summed E-state index contributed by atoms with van der Waals surface area (Å²) < 4.78 is 5.30. The van der Waals surface area contributed by atoms with Crippen LogP contribution in [0.1, 0.15) is 31.2 Å². The van der Waals surface area contributed by atoms with Crippen molar-refractivity contribution in [1.29, 1.82) is 0 Å². The number of piperidine rings is 1. The topological polar surface area (TPSA) is 50.3 Å². The average Bonchev–Trinajstić information content (AvgIpc) is 3.30. The van der Waals surface area contributed by atoms with Gasteiger partial charge in [-0.15, -0.1) is 0 Å². The van der Waals surface area contributed by atoms with E-state index < -0.39 is 0 Å². The fraction of sp³-hybridized carbons (Fsp3) is 0.733. The second-order valence-electron chi connectivity index (χ2n) is 5.97. The quantitative estimate of drug-likeness (QED) is 0.888. The van der Waals surface area contributed by atoms with Crippen molar-refractivity contribution in [3.8, 4) is 5.88 Å². The largest absolute Gasteiger partial charge is 0.481 e. The molecule has 1 unspecified atom stereocenters. The molecule has 0 aromatic carbocycles. The second kappa shape index (κ2) is 5.95. The lowest BCUT2D eigenvalue weighted by atomic mass is 9.97. The summed E-state index contributed by atoms with van der Waals surface area (Å²) in [6.45, 7) is 5.35. The van der Waals surface area contributed by atoms with Gasteiger partial charge in [0.05, 0.1) is 12.7 Å². The van der Waals surface area contributed by atoms with Gasteiger partial charge in [-0.3, -0.25) is 0 Å². The van der Waals surface area contributed by atoms with E-state index in [0.717, 1.165) is 43.0 Å². The summed E-state index contributed by atoms with van der Waals surface area (Å²) in [7, 11) is 1.66. The Labute approximate surface area is 120 Å². The van der Waals surface area contributed by atoms with Gasteiger partial charge in [-0.25, -0.2) is 9.97 Å². The third-order valence-electron chi connectivity index (χ3n) is 4.30. The van der Waals surface area contributed by atoms with Gasteiger partial charge >= 0.3 is 0 Å². The Balaban J connectivity index is 1.66. The van der Waals surface area contributed by atoms with Crippen LogP contribution in [0.15, 0.2) is 6.33 Å². The Morgan fingerprint density at radius 1 is 1.35 bits per heavy atom. The Morgan fingerprint density at radius 2 is 2.20 bits per heavy atom. The fourth-order valence-corrected chi connectivity index (χ4v) is 2.99. The number of ether oxygens (including phenoxy) is 1. The molecule has 1 saturated heterocycles. The molecule has 0 amide bonds. The molecule has 0 spiro atoms. The highest BCUT2D eigenvalue weighted by Crippen LogP contribution is 2.28. The van der Waals surface area contributed by atoms with Crippen molar-refractivity contribution in [2.75, 3.05) is 31.6 Å². The van der Waals surface area contributed by atoms with Crippen molar-refractivity contribution in [3.63, 3.8) is 0 Å².